The number of carbonyl (C=O) groups excluding carboxylic acids is 2. The summed E-state index contributed by atoms with van der Waals surface area (Å²) in [5.41, 5.74) is 6.29. The molecule has 8 nitrogen and oxygen atoms in total. The Bertz CT molecular complexity index is 474. The second-order valence-corrected chi connectivity index (χ2v) is 4.57. The zero-order valence-electron chi connectivity index (χ0n) is 11.5. The number of rotatable bonds is 4. The first-order valence-electron chi connectivity index (χ1n) is 6.51. The standard InChI is InChI=1S/C12H19N5O3/c1-16-11(9(13)8-15-16)12(19)14-3-2-10(18)17-4-6-20-7-5-17/h8H,2-7,13H2,1H3,(H,14,19). The van der Waals surface area contributed by atoms with Crippen LogP contribution in [0.25, 0.3) is 0 Å². The number of carbonyl (C=O) groups is 2. The fourth-order valence-corrected chi connectivity index (χ4v) is 2.07. The number of hydrogen-bond donors (Lipinski definition) is 2. The number of nitrogens with two attached hydrogens (primary N) is 1. The number of nitrogen functional groups attached to an aromatic ring is 1. The fourth-order valence-electron chi connectivity index (χ4n) is 2.07. The zero-order chi connectivity index (χ0) is 14.5. The van der Waals surface area contributed by atoms with Gasteiger partial charge in [0.15, 0.2) is 0 Å². The Morgan fingerprint density at radius 1 is 1.45 bits per heavy atom. The molecule has 1 fully saturated rings. The van der Waals surface area contributed by atoms with Crippen molar-refractivity contribution >= 4 is 17.5 Å². The number of anilines is 1. The minimum absolute atomic E-state index is 0.0200. The maximum atomic E-state index is 11.9. The van der Waals surface area contributed by atoms with Crippen LogP contribution in [0, 0.1) is 0 Å². The summed E-state index contributed by atoms with van der Waals surface area (Å²) >= 11 is 0. The highest BCUT2D eigenvalue weighted by Crippen LogP contribution is 2.08. The lowest BCUT2D eigenvalue weighted by atomic mass is 10.3. The normalized spacial score (nSPS) is 15.2. The first-order chi connectivity index (χ1) is 9.59. The summed E-state index contributed by atoms with van der Waals surface area (Å²) in [5.74, 6) is -0.302. The lowest BCUT2D eigenvalue weighted by Gasteiger charge is -2.26. The Morgan fingerprint density at radius 3 is 2.75 bits per heavy atom. The summed E-state index contributed by atoms with van der Waals surface area (Å²) in [7, 11) is 1.64. The van der Waals surface area contributed by atoms with Crippen molar-refractivity contribution in [2.45, 2.75) is 6.42 Å². The molecule has 20 heavy (non-hydrogen) atoms. The maximum absolute atomic E-state index is 11.9. The van der Waals surface area contributed by atoms with Gasteiger partial charge in [0.05, 0.1) is 25.1 Å². The van der Waals surface area contributed by atoms with E-state index in [0.29, 0.717) is 37.7 Å². The van der Waals surface area contributed by atoms with Crippen LogP contribution in [-0.4, -0.2) is 59.3 Å². The topological polar surface area (TPSA) is 102 Å². The van der Waals surface area contributed by atoms with Crippen LogP contribution in [0.1, 0.15) is 16.9 Å². The highest BCUT2D eigenvalue weighted by Gasteiger charge is 2.18. The Hall–Kier alpha value is -2.09. The van der Waals surface area contributed by atoms with Gasteiger partial charge in [-0.25, -0.2) is 0 Å². The van der Waals surface area contributed by atoms with Gasteiger partial charge in [-0.1, -0.05) is 0 Å². The third kappa shape index (κ3) is 3.27. The molecule has 0 saturated carbocycles. The Kier molecular flexibility index (Phi) is 4.57. The number of morpholine rings is 1. The van der Waals surface area contributed by atoms with Crippen LogP contribution >= 0.6 is 0 Å². The van der Waals surface area contributed by atoms with Gasteiger partial charge in [0.2, 0.25) is 5.91 Å². The van der Waals surface area contributed by atoms with Crippen LogP contribution < -0.4 is 11.1 Å². The largest absolute Gasteiger partial charge is 0.396 e. The summed E-state index contributed by atoms with van der Waals surface area (Å²) in [6.07, 6.45) is 1.69. The second-order valence-electron chi connectivity index (χ2n) is 4.57. The smallest absolute Gasteiger partial charge is 0.271 e. The van der Waals surface area contributed by atoms with Crippen molar-refractivity contribution in [1.82, 2.24) is 20.0 Å². The van der Waals surface area contributed by atoms with E-state index in [1.165, 1.54) is 10.9 Å². The molecule has 1 aromatic rings. The molecule has 0 radical (unpaired) electrons. The molecule has 1 saturated heterocycles. The predicted octanol–water partition coefficient (Wildman–Crippen LogP) is -1.02. The van der Waals surface area contributed by atoms with Crippen molar-refractivity contribution in [2.75, 3.05) is 38.6 Å². The van der Waals surface area contributed by atoms with Crippen LogP contribution in [-0.2, 0) is 16.6 Å². The highest BCUT2D eigenvalue weighted by atomic mass is 16.5. The van der Waals surface area contributed by atoms with Crippen molar-refractivity contribution in [2.24, 2.45) is 7.05 Å². The molecular formula is C12H19N5O3. The third-order valence-electron chi connectivity index (χ3n) is 3.17. The van der Waals surface area contributed by atoms with E-state index >= 15 is 0 Å². The van der Waals surface area contributed by atoms with E-state index in [2.05, 4.69) is 10.4 Å². The summed E-state index contributed by atoms with van der Waals surface area (Å²) in [4.78, 5) is 25.5. The summed E-state index contributed by atoms with van der Waals surface area (Å²) in [6.45, 7) is 2.65. The van der Waals surface area contributed by atoms with Crippen molar-refractivity contribution < 1.29 is 14.3 Å². The molecule has 0 spiro atoms. The number of aryl methyl sites for hydroxylation is 1. The van der Waals surface area contributed by atoms with E-state index in [4.69, 9.17) is 10.5 Å². The molecule has 0 atom stereocenters. The van der Waals surface area contributed by atoms with Crippen molar-refractivity contribution in [3.05, 3.63) is 11.9 Å². The molecule has 0 aliphatic carbocycles. The summed E-state index contributed by atoms with van der Waals surface area (Å²) in [6, 6.07) is 0. The van der Waals surface area contributed by atoms with Gasteiger partial charge in [0.25, 0.3) is 5.91 Å². The van der Waals surface area contributed by atoms with Crippen molar-refractivity contribution in [1.29, 1.82) is 0 Å². The number of hydrogen-bond acceptors (Lipinski definition) is 5. The molecule has 0 bridgehead atoms. The molecule has 110 valence electrons. The SMILES string of the molecule is Cn1ncc(N)c1C(=O)NCCC(=O)N1CCOCC1. The molecule has 8 heteroatoms. The van der Waals surface area contributed by atoms with Crippen LogP contribution in [0.4, 0.5) is 5.69 Å². The van der Waals surface area contributed by atoms with Crippen molar-refractivity contribution in [3.8, 4) is 0 Å². The van der Waals surface area contributed by atoms with Crippen LogP contribution in [0.5, 0.6) is 0 Å². The number of amides is 2. The van der Waals surface area contributed by atoms with Gasteiger partial charge in [-0.15, -0.1) is 0 Å². The van der Waals surface area contributed by atoms with Crippen LogP contribution in [0.3, 0.4) is 0 Å². The zero-order valence-corrected chi connectivity index (χ0v) is 11.5. The Labute approximate surface area is 116 Å². The minimum Gasteiger partial charge on any atom is -0.396 e. The maximum Gasteiger partial charge on any atom is 0.271 e. The molecule has 0 unspecified atom stereocenters. The monoisotopic (exact) mass is 281 g/mol. The number of nitrogens with zero attached hydrogens (tertiary/aromatic N) is 3. The average Bonchev–Trinajstić information content (AvgIpc) is 2.79. The molecule has 1 aromatic heterocycles. The molecule has 2 amide bonds. The summed E-state index contributed by atoms with van der Waals surface area (Å²) < 4.78 is 6.59. The fraction of sp³-hybridized carbons (Fsp3) is 0.583. The number of aromatic nitrogens is 2. The Morgan fingerprint density at radius 2 is 2.15 bits per heavy atom. The quantitative estimate of drug-likeness (QED) is 0.735. The van der Waals surface area contributed by atoms with Gasteiger partial charge < -0.3 is 20.7 Å². The first-order valence-corrected chi connectivity index (χ1v) is 6.51. The second kappa shape index (κ2) is 6.38. The van der Waals surface area contributed by atoms with E-state index in [1.54, 1.807) is 11.9 Å². The van der Waals surface area contributed by atoms with E-state index in [1.807, 2.05) is 0 Å². The van der Waals surface area contributed by atoms with E-state index < -0.39 is 0 Å². The number of ether oxygens (including phenoxy) is 1. The van der Waals surface area contributed by atoms with Gasteiger partial charge in [-0.3, -0.25) is 14.3 Å². The molecule has 3 N–H and O–H groups in total. The lowest BCUT2D eigenvalue weighted by molar-refractivity contribution is -0.135. The van der Waals surface area contributed by atoms with Gasteiger partial charge in [-0.2, -0.15) is 5.10 Å². The van der Waals surface area contributed by atoms with E-state index in [-0.39, 0.29) is 24.8 Å². The third-order valence-corrected chi connectivity index (χ3v) is 3.17. The van der Waals surface area contributed by atoms with E-state index in [9.17, 15) is 9.59 Å². The molecule has 0 aromatic carbocycles. The number of nitrogens with one attached hydrogen (secondary N) is 1. The minimum atomic E-state index is -0.322. The van der Waals surface area contributed by atoms with Crippen LogP contribution in [0.15, 0.2) is 6.20 Å². The molecule has 2 heterocycles. The average molecular weight is 281 g/mol. The van der Waals surface area contributed by atoms with Gasteiger partial charge in [0.1, 0.15) is 5.69 Å². The van der Waals surface area contributed by atoms with Crippen LogP contribution in [0.2, 0.25) is 0 Å². The summed E-state index contributed by atoms with van der Waals surface area (Å²) in [5, 5.41) is 6.57. The van der Waals surface area contributed by atoms with E-state index in [0.717, 1.165) is 0 Å². The lowest BCUT2D eigenvalue weighted by Crippen LogP contribution is -2.42. The first kappa shape index (κ1) is 14.3. The molecule has 2 rings (SSSR count). The predicted molar refractivity (Wildman–Crippen MR) is 72.0 cm³/mol. The molecular weight excluding hydrogens is 262 g/mol. The van der Waals surface area contributed by atoms with Crippen molar-refractivity contribution in [3.63, 3.8) is 0 Å². The van der Waals surface area contributed by atoms with Gasteiger partial charge in [0, 0.05) is 33.1 Å². The molecule has 1 aliphatic heterocycles. The Balaban J connectivity index is 1.78. The molecule has 1 aliphatic rings. The van der Waals surface area contributed by atoms with Gasteiger partial charge in [-0.05, 0) is 0 Å². The van der Waals surface area contributed by atoms with Gasteiger partial charge >= 0.3 is 0 Å². The highest BCUT2D eigenvalue weighted by molar-refractivity contribution is 5.97.